The van der Waals surface area contributed by atoms with Gasteiger partial charge >= 0.3 is 0 Å². The van der Waals surface area contributed by atoms with Crippen LogP contribution in [0, 0.1) is 13.8 Å². The summed E-state index contributed by atoms with van der Waals surface area (Å²) in [5.41, 5.74) is 1.97. The molecule has 0 N–H and O–H groups in total. The predicted molar refractivity (Wildman–Crippen MR) is 96.4 cm³/mol. The average Bonchev–Trinajstić information content (AvgIpc) is 3.21. The summed E-state index contributed by atoms with van der Waals surface area (Å²) in [6.07, 6.45) is 2.34. The first kappa shape index (κ1) is 16.4. The number of carbonyl (C=O) groups is 1. The number of ether oxygens (including phenoxy) is 2. The van der Waals surface area contributed by atoms with E-state index in [-0.39, 0.29) is 11.9 Å². The molecule has 0 radical (unpaired) electrons. The Morgan fingerprint density at radius 1 is 1.32 bits per heavy atom. The number of fused-ring (bicyclic) bond motifs is 1. The highest BCUT2D eigenvalue weighted by atomic mass is 32.1. The maximum absolute atomic E-state index is 12.9. The fourth-order valence-electron chi connectivity index (χ4n) is 3.73. The SMILES string of the molecule is Cc1nc(CC(=O)N2CCCC2c2cccc3c2OCCO3)c(C)s1. The first-order valence-electron chi connectivity index (χ1n) is 8.74. The lowest BCUT2D eigenvalue weighted by molar-refractivity contribution is -0.131. The van der Waals surface area contributed by atoms with Crippen LogP contribution in [0.2, 0.25) is 0 Å². The Bertz CT molecular complexity index is 802. The van der Waals surface area contributed by atoms with Gasteiger partial charge in [-0.25, -0.2) is 4.98 Å². The van der Waals surface area contributed by atoms with Gasteiger partial charge in [0.15, 0.2) is 11.5 Å². The Morgan fingerprint density at radius 3 is 2.96 bits per heavy atom. The molecule has 25 heavy (non-hydrogen) atoms. The Hall–Kier alpha value is -2.08. The monoisotopic (exact) mass is 358 g/mol. The van der Waals surface area contributed by atoms with E-state index in [4.69, 9.17) is 9.47 Å². The first-order valence-corrected chi connectivity index (χ1v) is 9.56. The number of likely N-dealkylation sites (tertiary alicyclic amines) is 1. The van der Waals surface area contributed by atoms with E-state index >= 15 is 0 Å². The fraction of sp³-hybridized carbons (Fsp3) is 0.474. The van der Waals surface area contributed by atoms with Gasteiger partial charge in [0.1, 0.15) is 13.2 Å². The lowest BCUT2D eigenvalue weighted by atomic mass is 10.0. The normalized spacial score (nSPS) is 19.3. The van der Waals surface area contributed by atoms with Crippen LogP contribution < -0.4 is 9.47 Å². The highest BCUT2D eigenvalue weighted by Gasteiger charge is 2.33. The molecule has 1 atom stereocenters. The number of aryl methyl sites for hydroxylation is 2. The highest BCUT2D eigenvalue weighted by molar-refractivity contribution is 7.11. The molecule has 0 saturated carbocycles. The summed E-state index contributed by atoms with van der Waals surface area (Å²) in [7, 11) is 0. The first-order chi connectivity index (χ1) is 12.1. The summed E-state index contributed by atoms with van der Waals surface area (Å²) in [4.78, 5) is 20.6. The van der Waals surface area contributed by atoms with Gasteiger partial charge in [0, 0.05) is 17.0 Å². The van der Waals surface area contributed by atoms with Crippen molar-refractivity contribution in [2.45, 2.75) is 39.2 Å². The number of aromatic nitrogens is 1. The van der Waals surface area contributed by atoms with E-state index in [1.54, 1.807) is 11.3 Å². The molecule has 0 bridgehead atoms. The van der Waals surface area contributed by atoms with Crippen LogP contribution in [0.15, 0.2) is 18.2 Å². The standard InChI is InChI=1S/C19H22N2O3S/c1-12-15(20-13(2)25-12)11-18(22)21-8-4-6-16(21)14-5-3-7-17-19(14)24-10-9-23-17/h3,5,7,16H,4,6,8-11H2,1-2H3. The largest absolute Gasteiger partial charge is 0.486 e. The van der Waals surface area contributed by atoms with Crippen LogP contribution in [0.4, 0.5) is 0 Å². The van der Waals surface area contributed by atoms with Gasteiger partial charge < -0.3 is 14.4 Å². The third kappa shape index (κ3) is 3.11. The molecule has 3 heterocycles. The number of para-hydroxylation sites is 1. The number of rotatable bonds is 3. The van der Waals surface area contributed by atoms with E-state index < -0.39 is 0 Å². The molecule has 2 aliphatic rings. The number of amides is 1. The maximum atomic E-state index is 12.9. The third-order valence-corrected chi connectivity index (χ3v) is 5.78. The molecule has 132 valence electrons. The summed E-state index contributed by atoms with van der Waals surface area (Å²) in [5.74, 6) is 1.73. The van der Waals surface area contributed by atoms with Crippen LogP contribution in [-0.4, -0.2) is 35.5 Å². The Morgan fingerprint density at radius 2 is 2.16 bits per heavy atom. The molecule has 1 saturated heterocycles. The quantitative estimate of drug-likeness (QED) is 0.843. The summed E-state index contributed by atoms with van der Waals surface area (Å²) < 4.78 is 11.6. The molecule has 1 fully saturated rings. The smallest absolute Gasteiger partial charge is 0.229 e. The topological polar surface area (TPSA) is 51.7 Å². The van der Waals surface area contributed by atoms with E-state index in [2.05, 4.69) is 11.1 Å². The van der Waals surface area contributed by atoms with Crippen molar-refractivity contribution in [1.29, 1.82) is 0 Å². The van der Waals surface area contributed by atoms with Crippen LogP contribution in [0.25, 0.3) is 0 Å². The van der Waals surface area contributed by atoms with Gasteiger partial charge in [-0.2, -0.15) is 0 Å². The van der Waals surface area contributed by atoms with Crippen LogP contribution in [-0.2, 0) is 11.2 Å². The summed E-state index contributed by atoms with van der Waals surface area (Å²) >= 11 is 1.65. The second-order valence-electron chi connectivity index (χ2n) is 6.53. The lowest BCUT2D eigenvalue weighted by Crippen LogP contribution is -2.32. The van der Waals surface area contributed by atoms with Crippen LogP contribution in [0.1, 0.15) is 40.0 Å². The second-order valence-corrected chi connectivity index (χ2v) is 7.94. The van der Waals surface area contributed by atoms with Crippen LogP contribution in [0.3, 0.4) is 0 Å². The third-order valence-electron chi connectivity index (χ3n) is 4.85. The maximum Gasteiger partial charge on any atom is 0.229 e. The van der Waals surface area contributed by atoms with Crippen LogP contribution in [0.5, 0.6) is 11.5 Å². The number of hydrogen-bond donors (Lipinski definition) is 0. The molecule has 5 nitrogen and oxygen atoms in total. The molecule has 0 aliphatic carbocycles. The number of hydrogen-bond acceptors (Lipinski definition) is 5. The molecular weight excluding hydrogens is 336 g/mol. The van der Waals surface area contributed by atoms with Gasteiger partial charge in [-0.15, -0.1) is 11.3 Å². The molecule has 2 aromatic rings. The van der Waals surface area contributed by atoms with Crippen molar-refractivity contribution in [2.24, 2.45) is 0 Å². The predicted octanol–water partition coefficient (Wildman–Crippen LogP) is 3.44. The van der Waals surface area contributed by atoms with Gasteiger partial charge in [0.2, 0.25) is 5.91 Å². The number of benzene rings is 1. The van der Waals surface area contributed by atoms with Crippen molar-refractivity contribution >= 4 is 17.2 Å². The van der Waals surface area contributed by atoms with Gasteiger partial charge in [0.25, 0.3) is 0 Å². The fourth-order valence-corrected chi connectivity index (χ4v) is 4.56. The average molecular weight is 358 g/mol. The Kier molecular flexibility index (Phi) is 4.37. The van der Waals surface area contributed by atoms with Crippen molar-refractivity contribution < 1.29 is 14.3 Å². The molecule has 1 amide bonds. The van der Waals surface area contributed by atoms with E-state index in [0.717, 1.165) is 52.0 Å². The molecule has 6 heteroatoms. The summed E-state index contributed by atoms with van der Waals surface area (Å²) in [5, 5.41) is 1.01. The van der Waals surface area contributed by atoms with Gasteiger partial charge in [-0.3, -0.25) is 4.79 Å². The molecule has 1 aromatic carbocycles. The van der Waals surface area contributed by atoms with Gasteiger partial charge in [-0.1, -0.05) is 12.1 Å². The van der Waals surface area contributed by atoms with Crippen molar-refractivity contribution in [1.82, 2.24) is 9.88 Å². The number of thiazole rings is 1. The molecular formula is C19H22N2O3S. The molecule has 0 spiro atoms. The van der Waals surface area contributed by atoms with Crippen molar-refractivity contribution in [3.05, 3.63) is 39.3 Å². The van der Waals surface area contributed by atoms with E-state index in [1.807, 2.05) is 30.9 Å². The van der Waals surface area contributed by atoms with Crippen LogP contribution >= 0.6 is 11.3 Å². The molecule has 1 unspecified atom stereocenters. The zero-order valence-corrected chi connectivity index (χ0v) is 15.4. The van der Waals surface area contributed by atoms with Crippen molar-refractivity contribution in [2.75, 3.05) is 19.8 Å². The highest BCUT2D eigenvalue weighted by Crippen LogP contribution is 2.43. The van der Waals surface area contributed by atoms with E-state index in [1.165, 1.54) is 0 Å². The minimum Gasteiger partial charge on any atom is -0.486 e. The Labute approximate surface area is 151 Å². The molecule has 4 rings (SSSR count). The zero-order chi connectivity index (χ0) is 17.4. The lowest BCUT2D eigenvalue weighted by Gasteiger charge is -2.29. The van der Waals surface area contributed by atoms with Gasteiger partial charge in [0.05, 0.1) is 23.2 Å². The Balaban J connectivity index is 1.58. The number of nitrogens with zero attached hydrogens (tertiary/aromatic N) is 2. The minimum absolute atomic E-state index is 0.0594. The molecule has 1 aromatic heterocycles. The van der Waals surface area contributed by atoms with Gasteiger partial charge in [-0.05, 0) is 32.8 Å². The van der Waals surface area contributed by atoms with E-state index in [9.17, 15) is 4.79 Å². The summed E-state index contributed by atoms with van der Waals surface area (Å²) in [6.45, 7) is 5.94. The summed E-state index contributed by atoms with van der Waals surface area (Å²) in [6, 6.07) is 6.03. The second kappa shape index (κ2) is 6.67. The van der Waals surface area contributed by atoms with E-state index in [0.29, 0.717) is 19.6 Å². The molecule has 2 aliphatic heterocycles. The van der Waals surface area contributed by atoms with Crippen molar-refractivity contribution in [3.63, 3.8) is 0 Å². The minimum atomic E-state index is 0.0594. The number of carbonyl (C=O) groups excluding carboxylic acids is 1. The zero-order valence-electron chi connectivity index (χ0n) is 14.6. The van der Waals surface area contributed by atoms with Crippen molar-refractivity contribution in [3.8, 4) is 11.5 Å².